The first kappa shape index (κ1) is 14.1. The number of carbonyl (C=O) groups is 1. The van der Waals surface area contributed by atoms with Gasteiger partial charge in [-0.05, 0) is 19.8 Å². The van der Waals surface area contributed by atoms with Crippen LogP contribution < -0.4 is 5.84 Å². The molecule has 1 aliphatic rings. The van der Waals surface area contributed by atoms with Crippen LogP contribution in [0.1, 0.15) is 31.2 Å². The fraction of sp³-hybridized carbons (Fsp3) is 0.400. The van der Waals surface area contributed by atoms with Gasteiger partial charge in [0.25, 0.3) is 0 Å². The molecule has 21 heavy (non-hydrogen) atoms. The van der Waals surface area contributed by atoms with Gasteiger partial charge in [-0.3, -0.25) is 4.79 Å². The van der Waals surface area contributed by atoms with Gasteiger partial charge in [0.1, 0.15) is 5.78 Å². The Morgan fingerprint density at radius 2 is 2.00 bits per heavy atom. The third kappa shape index (κ3) is 2.95. The first-order chi connectivity index (χ1) is 10.1. The van der Waals surface area contributed by atoms with Crippen LogP contribution in [-0.2, 0) is 4.79 Å². The van der Waals surface area contributed by atoms with E-state index in [-0.39, 0.29) is 5.25 Å². The fourth-order valence-corrected chi connectivity index (χ4v) is 3.54. The van der Waals surface area contributed by atoms with Crippen LogP contribution in [0.4, 0.5) is 0 Å². The lowest BCUT2D eigenvalue weighted by atomic mass is 9.99. The first-order valence-electron chi connectivity index (χ1n) is 7.12. The molecular formula is C15H18N4OS. The average molecular weight is 302 g/mol. The minimum Gasteiger partial charge on any atom is -0.335 e. The van der Waals surface area contributed by atoms with Crippen molar-refractivity contribution in [1.82, 2.24) is 14.9 Å². The highest BCUT2D eigenvalue weighted by atomic mass is 32.2. The van der Waals surface area contributed by atoms with Crippen molar-refractivity contribution in [3.8, 4) is 11.4 Å². The molecule has 1 heterocycles. The summed E-state index contributed by atoms with van der Waals surface area (Å²) in [5, 5.41) is 8.88. The average Bonchev–Trinajstić information content (AvgIpc) is 2.84. The van der Waals surface area contributed by atoms with E-state index >= 15 is 0 Å². The second-order valence-corrected chi connectivity index (χ2v) is 6.53. The number of rotatable bonds is 3. The number of aromatic nitrogens is 3. The minimum atomic E-state index is -0.0314. The minimum absolute atomic E-state index is 0.0314. The van der Waals surface area contributed by atoms with Crippen molar-refractivity contribution in [2.75, 3.05) is 5.84 Å². The van der Waals surface area contributed by atoms with E-state index in [1.54, 1.807) is 0 Å². The van der Waals surface area contributed by atoms with Crippen molar-refractivity contribution in [1.29, 1.82) is 0 Å². The van der Waals surface area contributed by atoms with E-state index in [2.05, 4.69) is 10.2 Å². The molecular weight excluding hydrogens is 284 g/mol. The zero-order valence-electron chi connectivity index (χ0n) is 12.0. The second kappa shape index (κ2) is 5.89. The number of carbonyl (C=O) groups excluding carboxylic acids is 1. The van der Waals surface area contributed by atoms with E-state index in [4.69, 9.17) is 5.84 Å². The van der Waals surface area contributed by atoms with Crippen LogP contribution in [0.15, 0.2) is 29.4 Å². The molecule has 5 nitrogen and oxygen atoms in total. The highest BCUT2D eigenvalue weighted by Gasteiger charge is 2.25. The maximum Gasteiger partial charge on any atom is 0.210 e. The topological polar surface area (TPSA) is 73.8 Å². The predicted molar refractivity (Wildman–Crippen MR) is 83.5 cm³/mol. The smallest absolute Gasteiger partial charge is 0.210 e. The van der Waals surface area contributed by atoms with Gasteiger partial charge in [0.2, 0.25) is 5.16 Å². The van der Waals surface area contributed by atoms with E-state index < -0.39 is 0 Å². The van der Waals surface area contributed by atoms with Crippen LogP contribution in [0.25, 0.3) is 11.4 Å². The van der Waals surface area contributed by atoms with Crippen LogP contribution in [-0.4, -0.2) is 25.9 Å². The molecule has 0 aliphatic heterocycles. The van der Waals surface area contributed by atoms with Gasteiger partial charge in [-0.1, -0.05) is 48.0 Å². The van der Waals surface area contributed by atoms with Gasteiger partial charge in [0.05, 0.1) is 5.25 Å². The number of nitrogens with zero attached hydrogens (tertiary/aromatic N) is 3. The molecule has 1 saturated carbocycles. The summed E-state index contributed by atoms with van der Waals surface area (Å²) >= 11 is 1.43. The summed E-state index contributed by atoms with van der Waals surface area (Å²) in [6.07, 6.45) is 3.66. The SMILES string of the molecule is Cc1ccc(-c2nnc(S[C@@H]3CCCCC3=O)n2N)cc1. The number of hydrogen-bond acceptors (Lipinski definition) is 5. The van der Waals surface area contributed by atoms with Crippen LogP contribution in [0.2, 0.25) is 0 Å². The molecule has 110 valence electrons. The molecule has 1 fully saturated rings. The molecule has 0 saturated heterocycles. The van der Waals surface area contributed by atoms with E-state index in [1.807, 2.05) is 31.2 Å². The molecule has 6 heteroatoms. The highest BCUT2D eigenvalue weighted by molar-refractivity contribution is 8.00. The van der Waals surface area contributed by atoms with Crippen molar-refractivity contribution >= 4 is 17.5 Å². The van der Waals surface area contributed by atoms with Crippen LogP contribution in [0, 0.1) is 6.92 Å². The Bertz CT molecular complexity index is 650. The summed E-state index contributed by atoms with van der Waals surface area (Å²) in [4.78, 5) is 11.9. The number of benzene rings is 1. The molecule has 0 bridgehead atoms. The van der Waals surface area contributed by atoms with E-state index in [9.17, 15) is 4.79 Å². The Labute approximate surface area is 127 Å². The monoisotopic (exact) mass is 302 g/mol. The Morgan fingerprint density at radius 1 is 1.24 bits per heavy atom. The normalized spacial score (nSPS) is 18.9. The van der Waals surface area contributed by atoms with Gasteiger partial charge in [0.15, 0.2) is 5.82 Å². The maximum atomic E-state index is 11.9. The second-order valence-electron chi connectivity index (χ2n) is 5.36. The van der Waals surface area contributed by atoms with Crippen LogP contribution in [0.5, 0.6) is 0 Å². The maximum absolute atomic E-state index is 11.9. The van der Waals surface area contributed by atoms with Crippen molar-refractivity contribution in [3.63, 3.8) is 0 Å². The molecule has 2 aromatic rings. The summed E-state index contributed by atoms with van der Waals surface area (Å²) in [5.74, 6) is 7.02. The van der Waals surface area contributed by atoms with Gasteiger partial charge in [-0.25, -0.2) is 4.68 Å². The third-order valence-electron chi connectivity index (χ3n) is 3.72. The standard InChI is InChI=1S/C15H18N4OS/c1-10-6-8-11(9-7-10)14-17-18-15(19(14)16)21-13-5-3-2-4-12(13)20/h6-9,13H,2-5,16H2,1H3/t13-/m1/s1. The molecule has 0 amide bonds. The molecule has 0 radical (unpaired) electrons. The van der Waals surface area contributed by atoms with Crippen LogP contribution in [0.3, 0.4) is 0 Å². The number of aryl methyl sites for hydroxylation is 1. The molecule has 0 spiro atoms. The third-order valence-corrected chi connectivity index (χ3v) is 4.99. The first-order valence-corrected chi connectivity index (χ1v) is 8.00. The van der Waals surface area contributed by atoms with E-state index in [0.717, 1.165) is 24.8 Å². The summed E-state index contributed by atoms with van der Waals surface area (Å²) in [6, 6.07) is 7.98. The van der Waals surface area contributed by atoms with Gasteiger partial charge in [-0.15, -0.1) is 10.2 Å². The quantitative estimate of drug-likeness (QED) is 0.882. The number of ketones is 1. The molecule has 1 aromatic heterocycles. The van der Waals surface area contributed by atoms with Crippen molar-refractivity contribution in [2.24, 2.45) is 0 Å². The Hall–Kier alpha value is -1.82. The molecule has 2 N–H and O–H groups in total. The molecule has 1 aromatic carbocycles. The predicted octanol–water partition coefficient (Wildman–Crippen LogP) is 2.57. The van der Waals surface area contributed by atoms with Crippen molar-refractivity contribution in [2.45, 2.75) is 43.0 Å². The van der Waals surface area contributed by atoms with Crippen LogP contribution >= 0.6 is 11.8 Å². The molecule has 1 aliphatic carbocycles. The van der Waals surface area contributed by atoms with Gasteiger partial charge >= 0.3 is 0 Å². The summed E-state index contributed by atoms with van der Waals surface area (Å²) in [6.45, 7) is 2.03. The van der Waals surface area contributed by atoms with Crippen molar-refractivity contribution < 1.29 is 4.79 Å². The molecule has 0 unspecified atom stereocenters. The largest absolute Gasteiger partial charge is 0.335 e. The lowest BCUT2D eigenvalue weighted by Crippen LogP contribution is -2.22. The Kier molecular flexibility index (Phi) is 3.96. The number of hydrogen-bond donors (Lipinski definition) is 1. The lowest BCUT2D eigenvalue weighted by Gasteiger charge is -2.18. The number of Topliss-reactive ketones (excluding diaryl/α,β-unsaturated/α-hetero) is 1. The summed E-state index contributed by atoms with van der Waals surface area (Å²) in [7, 11) is 0. The van der Waals surface area contributed by atoms with Gasteiger partial charge in [0, 0.05) is 12.0 Å². The molecule has 3 rings (SSSR count). The van der Waals surface area contributed by atoms with Gasteiger partial charge < -0.3 is 5.84 Å². The number of nitrogen functional groups attached to an aromatic ring is 1. The molecule has 1 atom stereocenters. The van der Waals surface area contributed by atoms with Gasteiger partial charge in [-0.2, -0.15) is 0 Å². The lowest BCUT2D eigenvalue weighted by molar-refractivity contribution is -0.119. The number of nitrogens with two attached hydrogens (primary N) is 1. The highest BCUT2D eigenvalue weighted by Crippen LogP contribution is 2.31. The summed E-state index contributed by atoms with van der Waals surface area (Å²) in [5.41, 5.74) is 2.11. The Balaban J connectivity index is 1.82. The zero-order chi connectivity index (χ0) is 14.8. The fourth-order valence-electron chi connectivity index (χ4n) is 2.46. The zero-order valence-corrected chi connectivity index (χ0v) is 12.8. The van der Waals surface area contributed by atoms with E-state index in [0.29, 0.717) is 23.2 Å². The number of thioether (sulfide) groups is 1. The van der Waals surface area contributed by atoms with E-state index in [1.165, 1.54) is 22.0 Å². The Morgan fingerprint density at radius 3 is 2.71 bits per heavy atom. The summed E-state index contributed by atoms with van der Waals surface area (Å²) < 4.78 is 1.48. The van der Waals surface area contributed by atoms with Crippen molar-refractivity contribution in [3.05, 3.63) is 29.8 Å².